The van der Waals surface area contributed by atoms with E-state index in [0.29, 0.717) is 25.9 Å². The van der Waals surface area contributed by atoms with E-state index in [0.717, 1.165) is 0 Å². The molecule has 0 spiro atoms. The van der Waals surface area contributed by atoms with Gasteiger partial charge in [0.25, 0.3) is 0 Å². The first-order valence-corrected chi connectivity index (χ1v) is 6.01. The van der Waals surface area contributed by atoms with E-state index in [-0.39, 0.29) is 11.8 Å². The Hall–Kier alpha value is -1.63. The van der Waals surface area contributed by atoms with Gasteiger partial charge in [-0.1, -0.05) is 0 Å². The zero-order valence-corrected chi connectivity index (χ0v) is 10.7. The van der Waals surface area contributed by atoms with Gasteiger partial charge in [-0.2, -0.15) is 0 Å². The minimum atomic E-state index is -0.841. The Balaban J connectivity index is 2.45. The summed E-state index contributed by atoms with van der Waals surface area (Å²) in [7, 11) is 1.62. The fourth-order valence-electron chi connectivity index (χ4n) is 2.14. The molecule has 7 nitrogen and oxygen atoms in total. The van der Waals surface area contributed by atoms with Gasteiger partial charge in [0.15, 0.2) is 0 Å². The number of carbonyl (C=O) groups is 3. The molecule has 1 aliphatic heterocycles. The van der Waals surface area contributed by atoms with Crippen LogP contribution in [0.15, 0.2) is 0 Å². The van der Waals surface area contributed by atoms with Crippen LogP contribution in [0.25, 0.3) is 0 Å². The Morgan fingerprint density at radius 1 is 1.28 bits per heavy atom. The van der Waals surface area contributed by atoms with Crippen LogP contribution in [0.2, 0.25) is 0 Å². The van der Waals surface area contributed by atoms with E-state index in [4.69, 9.17) is 5.73 Å². The summed E-state index contributed by atoms with van der Waals surface area (Å²) < 4.78 is 0. The zero-order valence-electron chi connectivity index (χ0n) is 10.7. The second-order valence-corrected chi connectivity index (χ2v) is 4.45. The smallest absolute Gasteiger partial charge is 0.318 e. The fourth-order valence-corrected chi connectivity index (χ4v) is 2.14. The van der Waals surface area contributed by atoms with E-state index >= 15 is 0 Å². The summed E-state index contributed by atoms with van der Waals surface area (Å²) in [6.45, 7) is 3.04. The summed E-state index contributed by atoms with van der Waals surface area (Å²) >= 11 is 0. The largest absolute Gasteiger partial charge is 0.359 e. The van der Waals surface area contributed by atoms with Crippen molar-refractivity contribution in [3.05, 3.63) is 0 Å². The Morgan fingerprint density at radius 2 is 1.83 bits per heavy atom. The molecule has 1 rings (SSSR count). The molecule has 0 aliphatic carbocycles. The molecule has 1 heterocycles. The second kappa shape index (κ2) is 6.34. The second-order valence-electron chi connectivity index (χ2n) is 4.45. The lowest BCUT2D eigenvalue weighted by molar-refractivity contribution is -0.127. The Kier molecular flexibility index (Phi) is 5.08. The maximum absolute atomic E-state index is 11.6. The molecule has 0 bridgehead atoms. The molecule has 18 heavy (non-hydrogen) atoms. The van der Waals surface area contributed by atoms with Crippen molar-refractivity contribution in [3.63, 3.8) is 0 Å². The molecular weight excluding hydrogens is 236 g/mol. The van der Waals surface area contributed by atoms with Gasteiger partial charge in [-0.05, 0) is 32.9 Å². The van der Waals surface area contributed by atoms with Gasteiger partial charge in [0.2, 0.25) is 11.8 Å². The molecule has 1 saturated heterocycles. The number of nitrogens with zero attached hydrogens (tertiary/aromatic N) is 1. The number of primary amides is 1. The highest BCUT2D eigenvalue weighted by atomic mass is 16.2. The first-order chi connectivity index (χ1) is 8.45. The van der Waals surface area contributed by atoms with E-state index in [1.165, 1.54) is 0 Å². The van der Waals surface area contributed by atoms with Crippen molar-refractivity contribution < 1.29 is 14.4 Å². The fraction of sp³-hybridized carbons (Fsp3) is 0.727. The predicted molar refractivity (Wildman–Crippen MR) is 65.6 cm³/mol. The summed E-state index contributed by atoms with van der Waals surface area (Å²) in [6.07, 6.45) is 1.43. The zero-order chi connectivity index (χ0) is 13.7. The Labute approximate surface area is 106 Å². The van der Waals surface area contributed by atoms with Gasteiger partial charge in [-0.3, -0.25) is 19.8 Å². The van der Waals surface area contributed by atoms with Gasteiger partial charge < -0.3 is 11.1 Å². The van der Waals surface area contributed by atoms with E-state index < -0.39 is 18.0 Å². The highest BCUT2D eigenvalue weighted by molar-refractivity contribution is 5.96. The topological polar surface area (TPSA) is 105 Å². The lowest BCUT2D eigenvalue weighted by Crippen LogP contribution is -2.51. The number of nitrogens with one attached hydrogen (secondary N) is 2. The quantitative estimate of drug-likeness (QED) is 0.604. The minimum absolute atomic E-state index is 0.0117. The monoisotopic (exact) mass is 256 g/mol. The first kappa shape index (κ1) is 14.4. The number of amides is 4. The van der Waals surface area contributed by atoms with Crippen molar-refractivity contribution in [2.75, 3.05) is 20.1 Å². The third kappa shape index (κ3) is 3.69. The van der Waals surface area contributed by atoms with Crippen LogP contribution in [0.1, 0.15) is 19.8 Å². The highest BCUT2D eigenvalue weighted by Gasteiger charge is 2.29. The maximum Gasteiger partial charge on any atom is 0.318 e. The van der Waals surface area contributed by atoms with Gasteiger partial charge in [-0.25, -0.2) is 4.79 Å². The van der Waals surface area contributed by atoms with Crippen LogP contribution < -0.4 is 16.4 Å². The van der Waals surface area contributed by atoms with Crippen LogP contribution in [-0.4, -0.2) is 48.9 Å². The van der Waals surface area contributed by atoms with Crippen molar-refractivity contribution in [2.24, 2.45) is 11.7 Å². The molecule has 0 aromatic heterocycles. The van der Waals surface area contributed by atoms with Gasteiger partial charge in [-0.15, -0.1) is 0 Å². The van der Waals surface area contributed by atoms with E-state index in [2.05, 4.69) is 10.6 Å². The van der Waals surface area contributed by atoms with E-state index in [9.17, 15) is 14.4 Å². The van der Waals surface area contributed by atoms with Gasteiger partial charge in [0.1, 0.15) is 0 Å². The van der Waals surface area contributed by atoms with Crippen molar-refractivity contribution in [1.82, 2.24) is 15.5 Å². The molecule has 102 valence electrons. The number of hydrogen-bond donors (Lipinski definition) is 3. The summed E-state index contributed by atoms with van der Waals surface area (Å²) in [5, 5.41) is 4.69. The predicted octanol–water partition coefficient (Wildman–Crippen LogP) is -0.972. The molecule has 7 heteroatoms. The third-order valence-corrected chi connectivity index (χ3v) is 3.32. The molecule has 0 saturated carbocycles. The molecule has 0 aromatic carbocycles. The van der Waals surface area contributed by atoms with Crippen molar-refractivity contribution in [2.45, 2.75) is 25.8 Å². The number of nitrogens with two attached hydrogens (primary N) is 1. The van der Waals surface area contributed by atoms with E-state index in [1.54, 1.807) is 14.0 Å². The summed E-state index contributed by atoms with van der Waals surface area (Å²) in [4.78, 5) is 35.6. The lowest BCUT2D eigenvalue weighted by Gasteiger charge is -2.34. The van der Waals surface area contributed by atoms with Crippen molar-refractivity contribution in [1.29, 1.82) is 0 Å². The van der Waals surface area contributed by atoms with Crippen molar-refractivity contribution in [3.8, 4) is 0 Å². The summed E-state index contributed by atoms with van der Waals surface area (Å²) in [5.41, 5.74) is 4.90. The number of likely N-dealkylation sites (tertiary alicyclic amines) is 1. The van der Waals surface area contributed by atoms with Crippen LogP contribution in [0.4, 0.5) is 4.79 Å². The molecule has 1 aliphatic rings. The highest BCUT2D eigenvalue weighted by Crippen LogP contribution is 2.19. The number of hydrogen-bond acceptors (Lipinski definition) is 4. The number of piperidine rings is 1. The number of imide groups is 1. The number of carbonyl (C=O) groups excluding carboxylic acids is 3. The van der Waals surface area contributed by atoms with Crippen LogP contribution in [-0.2, 0) is 9.59 Å². The van der Waals surface area contributed by atoms with Crippen LogP contribution in [0.3, 0.4) is 0 Å². The van der Waals surface area contributed by atoms with Crippen LogP contribution in [0.5, 0.6) is 0 Å². The molecule has 0 aromatic rings. The van der Waals surface area contributed by atoms with E-state index in [1.807, 2.05) is 4.90 Å². The number of rotatable bonds is 3. The van der Waals surface area contributed by atoms with Gasteiger partial charge >= 0.3 is 6.03 Å². The normalized spacial score (nSPS) is 19.0. The molecule has 4 N–H and O–H groups in total. The average Bonchev–Trinajstić information content (AvgIpc) is 2.36. The van der Waals surface area contributed by atoms with Crippen LogP contribution in [0, 0.1) is 5.92 Å². The molecule has 4 amide bonds. The van der Waals surface area contributed by atoms with Crippen LogP contribution >= 0.6 is 0 Å². The minimum Gasteiger partial charge on any atom is -0.359 e. The molecule has 1 atom stereocenters. The van der Waals surface area contributed by atoms with Gasteiger partial charge in [0.05, 0.1) is 6.04 Å². The van der Waals surface area contributed by atoms with Crippen molar-refractivity contribution >= 4 is 17.8 Å². The maximum atomic E-state index is 11.6. The van der Waals surface area contributed by atoms with Gasteiger partial charge in [0, 0.05) is 13.0 Å². The molecule has 1 fully saturated rings. The number of urea groups is 1. The SMILES string of the molecule is CNC(=O)C1CCN([C@H](C)C(=O)NC(N)=O)CC1. The molecular formula is C11H20N4O3. The lowest BCUT2D eigenvalue weighted by atomic mass is 9.95. The average molecular weight is 256 g/mol. The Morgan fingerprint density at radius 3 is 2.28 bits per heavy atom. The molecule has 0 unspecified atom stereocenters. The third-order valence-electron chi connectivity index (χ3n) is 3.32. The first-order valence-electron chi connectivity index (χ1n) is 6.01. The standard InChI is InChI=1S/C11H20N4O3/c1-7(9(16)14-11(12)18)15-5-3-8(4-6-15)10(17)13-2/h7-8H,3-6H2,1-2H3,(H,13,17)(H3,12,14,16,18)/t7-/m1/s1. The molecule has 0 radical (unpaired) electrons. The Bertz CT molecular complexity index is 337. The summed E-state index contributed by atoms with van der Waals surface area (Å²) in [6, 6.07) is -1.25. The summed E-state index contributed by atoms with van der Waals surface area (Å²) in [5.74, 6) is -0.345.